The normalized spacial score (nSPS) is 11.9. The van der Waals surface area contributed by atoms with E-state index in [1.165, 1.54) is 18.3 Å². The van der Waals surface area contributed by atoms with Crippen LogP contribution in [0, 0.1) is 0 Å². The summed E-state index contributed by atoms with van der Waals surface area (Å²) < 4.78 is 26.0. The van der Waals surface area contributed by atoms with Crippen LogP contribution in [-0.2, 0) is 10.0 Å². The molecule has 3 N–H and O–H groups in total. The zero-order valence-electron chi connectivity index (χ0n) is 9.34. The minimum atomic E-state index is -3.55. The third-order valence-corrected chi connectivity index (χ3v) is 3.45. The second kappa shape index (κ2) is 5.24. The Hall–Kier alpha value is -1.18. The molecule has 0 aliphatic rings. The molecular weight excluding hydrogens is 228 g/mol. The predicted molar refractivity (Wildman–Crippen MR) is 62.4 cm³/mol. The van der Waals surface area contributed by atoms with Gasteiger partial charge in [-0.05, 0) is 26.2 Å². The minimum absolute atomic E-state index is 0.0138. The first-order valence-corrected chi connectivity index (χ1v) is 6.26. The number of likely N-dealkylation sites (N-methyl/N-ethyl adjacent to an activating group) is 1. The molecule has 0 saturated heterocycles. The van der Waals surface area contributed by atoms with Crippen molar-refractivity contribution in [2.45, 2.75) is 4.90 Å². The predicted octanol–water partition coefficient (Wildman–Crippen LogP) is -0.496. The average Bonchev–Trinajstić information content (AvgIpc) is 2.17. The quantitative estimate of drug-likeness (QED) is 0.729. The van der Waals surface area contributed by atoms with Crippen LogP contribution in [-0.4, -0.2) is 45.5 Å². The molecule has 0 aromatic carbocycles. The summed E-state index contributed by atoms with van der Waals surface area (Å²) in [5.74, 6) is 0.0138. The molecule has 0 fully saturated rings. The summed E-state index contributed by atoms with van der Waals surface area (Å²) in [4.78, 5) is 5.64. The maximum Gasteiger partial charge on any atom is 0.244 e. The largest absolute Gasteiger partial charge is 0.383 e. The molecular formula is C9H16N4O2S. The lowest BCUT2D eigenvalue weighted by atomic mass is 10.5. The van der Waals surface area contributed by atoms with Gasteiger partial charge in [0.2, 0.25) is 10.0 Å². The van der Waals surface area contributed by atoms with E-state index in [4.69, 9.17) is 5.73 Å². The lowest BCUT2D eigenvalue weighted by Gasteiger charge is -2.11. The highest BCUT2D eigenvalue weighted by molar-refractivity contribution is 7.89. The molecule has 0 radical (unpaired) electrons. The second-order valence-corrected chi connectivity index (χ2v) is 5.32. The Morgan fingerprint density at radius 3 is 2.75 bits per heavy atom. The highest BCUT2D eigenvalue weighted by atomic mass is 32.2. The summed E-state index contributed by atoms with van der Waals surface area (Å²) in [5.41, 5.74) is 5.50. The van der Waals surface area contributed by atoms with Crippen molar-refractivity contribution in [1.29, 1.82) is 0 Å². The number of sulfonamides is 1. The summed E-state index contributed by atoms with van der Waals surface area (Å²) in [6, 6.07) is 2.97. The fourth-order valence-corrected chi connectivity index (χ4v) is 2.21. The highest BCUT2D eigenvalue weighted by Gasteiger charge is 2.16. The Balaban J connectivity index is 2.75. The van der Waals surface area contributed by atoms with Gasteiger partial charge in [0.15, 0.2) is 0 Å². The van der Waals surface area contributed by atoms with E-state index in [1.54, 1.807) is 0 Å². The van der Waals surface area contributed by atoms with Crippen molar-refractivity contribution in [2.24, 2.45) is 0 Å². The van der Waals surface area contributed by atoms with E-state index < -0.39 is 10.0 Å². The molecule has 1 aromatic heterocycles. The standard InChI is InChI=1S/C9H16N4O2S/c1-13(2)7-6-12-16(14,15)8-4-3-5-11-9(8)10/h3-5,12H,6-7H2,1-2H3,(H2,10,11). The van der Waals surface area contributed by atoms with Crippen molar-refractivity contribution in [3.8, 4) is 0 Å². The van der Waals surface area contributed by atoms with Crippen molar-refractivity contribution in [3.05, 3.63) is 18.3 Å². The maximum absolute atomic E-state index is 11.8. The second-order valence-electron chi connectivity index (χ2n) is 3.59. The number of hydrogen-bond donors (Lipinski definition) is 2. The topological polar surface area (TPSA) is 88.3 Å². The number of hydrogen-bond acceptors (Lipinski definition) is 5. The third kappa shape index (κ3) is 3.44. The van der Waals surface area contributed by atoms with Gasteiger partial charge in [-0.15, -0.1) is 0 Å². The summed E-state index contributed by atoms with van der Waals surface area (Å²) in [6.07, 6.45) is 1.45. The minimum Gasteiger partial charge on any atom is -0.383 e. The van der Waals surface area contributed by atoms with Crippen LogP contribution in [0.3, 0.4) is 0 Å². The Kier molecular flexibility index (Phi) is 4.22. The molecule has 0 unspecified atom stereocenters. The van der Waals surface area contributed by atoms with Crippen LogP contribution in [0.2, 0.25) is 0 Å². The molecule has 0 aliphatic heterocycles. The molecule has 1 aromatic rings. The smallest absolute Gasteiger partial charge is 0.244 e. The Bertz CT molecular complexity index is 445. The number of nitrogens with one attached hydrogen (secondary N) is 1. The number of anilines is 1. The summed E-state index contributed by atoms with van der Waals surface area (Å²) >= 11 is 0. The fourth-order valence-electron chi connectivity index (χ4n) is 1.11. The monoisotopic (exact) mass is 244 g/mol. The lowest BCUT2D eigenvalue weighted by molar-refractivity contribution is 0.412. The summed E-state index contributed by atoms with van der Waals surface area (Å²) in [6.45, 7) is 0.961. The molecule has 16 heavy (non-hydrogen) atoms. The molecule has 0 amide bonds. The Labute approximate surface area is 95.5 Å². The van der Waals surface area contributed by atoms with Crippen LogP contribution in [0.4, 0.5) is 5.82 Å². The molecule has 90 valence electrons. The van der Waals surface area contributed by atoms with Gasteiger partial charge in [0.1, 0.15) is 10.7 Å². The van der Waals surface area contributed by atoms with Gasteiger partial charge in [0.05, 0.1) is 0 Å². The summed E-state index contributed by atoms with van der Waals surface area (Å²) in [7, 11) is 0.185. The molecule has 7 heteroatoms. The van der Waals surface area contributed by atoms with Gasteiger partial charge in [-0.1, -0.05) is 0 Å². The maximum atomic E-state index is 11.8. The molecule has 0 spiro atoms. The molecule has 0 aliphatic carbocycles. The van der Waals surface area contributed by atoms with Crippen LogP contribution in [0.5, 0.6) is 0 Å². The molecule has 0 saturated carbocycles. The van der Waals surface area contributed by atoms with Gasteiger partial charge in [0.25, 0.3) is 0 Å². The third-order valence-electron chi connectivity index (χ3n) is 1.94. The van der Waals surface area contributed by atoms with Gasteiger partial charge < -0.3 is 10.6 Å². The van der Waals surface area contributed by atoms with Crippen molar-refractivity contribution in [2.75, 3.05) is 32.9 Å². The van der Waals surface area contributed by atoms with Crippen molar-refractivity contribution in [3.63, 3.8) is 0 Å². The van der Waals surface area contributed by atoms with Gasteiger partial charge in [-0.25, -0.2) is 18.1 Å². The van der Waals surface area contributed by atoms with Crippen LogP contribution in [0.15, 0.2) is 23.2 Å². The zero-order chi connectivity index (χ0) is 12.2. The van der Waals surface area contributed by atoms with Gasteiger partial charge in [-0.3, -0.25) is 0 Å². The van der Waals surface area contributed by atoms with Crippen molar-refractivity contribution >= 4 is 15.8 Å². The van der Waals surface area contributed by atoms with E-state index in [-0.39, 0.29) is 10.7 Å². The van der Waals surface area contributed by atoms with Gasteiger partial charge in [-0.2, -0.15) is 0 Å². The molecule has 1 rings (SSSR count). The molecule has 0 bridgehead atoms. The number of rotatable bonds is 5. The van der Waals surface area contributed by atoms with Crippen LogP contribution >= 0.6 is 0 Å². The first-order valence-electron chi connectivity index (χ1n) is 4.78. The van der Waals surface area contributed by atoms with Crippen molar-refractivity contribution < 1.29 is 8.42 Å². The first kappa shape index (κ1) is 12.9. The Morgan fingerprint density at radius 1 is 1.50 bits per heavy atom. The van der Waals surface area contributed by atoms with Crippen molar-refractivity contribution in [1.82, 2.24) is 14.6 Å². The van der Waals surface area contributed by atoms with E-state index in [0.29, 0.717) is 13.1 Å². The number of nitrogens with zero attached hydrogens (tertiary/aromatic N) is 2. The van der Waals surface area contributed by atoms with E-state index in [2.05, 4.69) is 9.71 Å². The number of pyridine rings is 1. The van der Waals surface area contributed by atoms with E-state index >= 15 is 0 Å². The molecule has 1 heterocycles. The summed E-state index contributed by atoms with van der Waals surface area (Å²) in [5, 5.41) is 0. The fraction of sp³-hybridized carbons (Fsp3) is 0.444. The SMILES string of the molecule is CN(C)CCNS(=O)(=O)c1cccnc1N. The average molecular weight is 244 g/mol. The number of aromatic nitrogens is 1. The van der Waals surface area contributed by atoms with Crippen LogP contribution in [0.1, 0.15) is 0 Å². The van der Waals surface area contributed by atoms with Gasteiger partial charge >= 0.3 is 0 Å². The first-order chi connectivity index (χ1) is 7.43. The molecule has 6 nitrogen and oxygen atoms in total. The lowest BCUT2D eigenvalue weighted by Crippen LogP contribution is -2.31. The van der Waals surface area contributed by atoms with Crippen LogP contribution in [0.25, 0.3) is 0 Å². The van der Waals surface area contributed by atoms with Gasteiger partial charge in [0, 0.05) is 19.3 Å². The van der Waals surface area contributed by atoms with E-state index in [9.17, 15) is 8.42 Å². The number of nitrogens with two attached hydrogens (primary N) is 1. The number of nitrogen functional groups attached to an aromatic ring is 1. The van der Waals surface area contributed by atoms with Crippen LogP contribution < -0.4 is 10.5 Å². The Morgan fingerprint density at radius 2 is 2.19 bits per heavy atom. The van der Waals surface area contributed by atoms with E-state index in [1.807, 2.05) is 19.0 Å². The molecule has 0 atom stereocenters. The zero-order valence-corrected chi connectivity index (χ0v) is 10.2. The van der Waals surface area contributed by atoms with E-state index in [0.717, 1.165) is 0 Å². The highest BCUT2D eigenvalue weighted by Crippen LogP contribution is 2.13.